The van der Waals surface area contributed by atoms with Gasteiger partial charge in [-0.05, 0) is 42.3 Å². The summed E-state index contributed by atoms with van der Waals surface area (Å²) < 4.78 is 31.4. The minimum atomic E-state index is -3.79. The van der Waals surface area contributed by atoms with Gasteiger partial charge in [0.2, 0.25) is 10.0 Å². The van der Waals surface area contributed by atoms with Crippen molar-refractivity contribution in [1.29, 1.82) is 0 Å². The molecule has 0 radical (unpaired) electrons. The zero-order chi connectivity index (χ0) is 21.1. The van der Waals surface area contributed by atoms with Crippen LogP contribution in [0.2, 0.25) is 0 Å². The zero-order valence-corrected chi connectivity index (χ0v) is 17.3. The van der Waals surface area contributed by atoms with Gasteiger partial charge < -0.3 is 10.1 Å². The number of rotatable bonds is 7. The fourth-order valence-corrected chi connectivity index (χ4v) is 3.60. The summed E-state index contributed by atoms with van der Waals surface area (Å²) in [6.07, 6.45) is 0. The number of hydrogen-bond acceptors (Lipinski definition) is 6. The Bertz CT molecular complexity index is 968. The lowest BCUT2D eigenvalue weighted by Gasteiger charge is -2.33. The van der Waals surface area contributed by atoms with Crippen molar-refractivity contribution in [2.45, 2.75) is 31.7 Å². The molecule has 28 heavy (non-hydrogen) atoms. The number of sulfonamides is 1. The van der Waals surface area contributed by atoms with Gasteiger partial charge in [-0.3, -0.25) is 10.1 Å². The summed E-state index contributed by atoms with van der Waals surface area (Å²) in [5.41, 5.74) is 0.528. The highest BCUT2D eigenvalue weighted by Gasteiger charge is 2.29. The lowest BCUT2D eigenvalue weighted by molar-refractivity contribution is -0.384. The summed E-state index contributed by atoms with van der Waals surface area (Å²) in [4.78, 5) is 10.8. The van der Waals surface area contributed by atoms with Crippen molar-refractivity contribution in [3.8, 4) is 5.75 Å². The highest BCUT2D eigenvalue weighted by molar-refractivity contribution is 7.89. The van der Waals surface area contributed by atoms with E-state index >= 15 is 0 Å². The SMILES string of the molecule is CNS(=O)(=O)c1ccc(NC(c2cccc(OC)c2)C(C)(C)C)c([N+](=O)[O-])c1. The van der Waals surface area contributed by atoms with Crippen LogP contribution >= 0.6 is 0 Å². The van der Waals surface area contributed by atoms with E-state index in [0.29, 0.717) is 5.75 Å². The molecule has 2 aromatic rings. The summed E-state index contributed by atoms with van der Waals surface area (Å²) in [7, 11) is -0.958. The molecule has 0 saturated carbocycles. The Labute approximate surface area is 165 Å². The molecule has 0 bridgehead atoms. The van der Waals surface area contributed by atoms with Crippen molar-refractivity contribution in [3.63, 3.8) is 0 Å². The second kappa shape index (κ2) is 8.15. The van der Waals surface area contributed by atoms with Crippen LogP contribution in [0.1, 0.15) is 32.4 Å². The second-order valence-corrected chi connectivity index (χ2v) is 9.25. The normalized spacial score (nSPS) is 13.0. The standard InChI is InChI=1S/C19H25N3O5S/c1-19(2,3)18(13-7-6-8-14(11-13)27-5)21-16-10-9-15(28(25,26)20-4)12-17(16)22(23)24/h6-12,18,20-21H,1-5H3. The lowest BCUT2D eigenvalue weighted by atomic mass is 9.82. The maximum Gasteiger partial charge on any atom is 0.293 e. The summed E-state index contributed by atoms with van der Waals surface area (Å²) in [6, 6.07) is 11.0. The Hall–Kier alpha value is -2.65. The van der Waals surface area contributed by atoms with Crippen LogP contribution in [0, 0.1) is 15.5 Å². The molecule has 0 aliphatic rings. The van der Waals surface area contributed by atoms with E-state index in [0.717, 1.165) is 11.6 Å². The van der Waals surface area contributed by atoms with Gasteiger partial charge in [0.25, 0.3) is 5.69 Å². The quantitative estimate of drug-likeness (QED) is 0.535. The molecule has 2 aromatic carbocycles. The van der Waals surface area contributed by atoms with Gasteiger partial charge >= 0.3 is 0 Å². The van der Waals surface area contributed by atoms with Crippen LogP contribution in [-0.2, 0) is 10.0 Å². The third-order valence-corrected chi connectivity index (χ3v) is 5.75. The van der Waals surface area contributed by atoms with Gasteiger partial charge in [0, 0.05) is 6.07 Å². The van der Waals surface area contributed by atoms with Crippen LogP contribution in [0.4, 0.5) is 11.4 Å². The molecule has 0 amide bonds. The van der Waals surface area contributed by atoms with Crippen LogP contribution in [0.3, 0.4) is 0 Å². The molecule has 0 aliphatic carbocycles. The second-order valence-electron chi connectivity index (χ2n) is 7.36. The first-order chi connectivity index (χ1) is 13.0. The summed E-state index contributed by atoms with van der Waals surface area (Å²) in [6.45, 7) is 6.03. The topological polar surface area (TPSA) is 111 Å². The monoisotopic (exact) mass is 407 g/mol. The highest BCUT2D eigenvalue weighted by atomic mass is 32.2. The van der Waals surface area contributed by atoms with Gasteiger partial charge in [0.05, 0.1) is 23.0 Å². The minimum Gasteiger partial charge on any atom is -0.497 e. The molecule has 2 rings (SSSR count). The Morgan fingerprint density at radius 2 is 1.82 bits per heavy atom. The average Bonchev–Trinajstić information content (AvgIpc) is 2.64. The number of nitro benzene ring substituents is 1. The third-order valence-electron chi connectivity index (χ3n) is 4.34. The number of nitrogens with zero attached hydrogens (tertiary/aromatic N) is 1. The molecular weight excluding hydrogens is 382 g/mol. The molecule has 152 valence electrons. The first-order valence-electron chi connectivity index (χ1n) is 8.62. The molecular formula is C19H25N3O5S. The van der Waals surface area contributed by atoms with Crippen molar-refractivity contribution in [3.05, 3.63) is 58.1 Å². The molecule has 0 fully saturated rings. The zero-order valence-electron chi connectivity index (χ0n) is 16.5. The molecule has 1 atom stereocenters. The number of methoxy groups -OCH3 is 1. The van der Waals surface area contributed by atoms with Crippen LogP contribution in [0.15, 0.2) is 47.4 Å². The fraction of sp³-hybridized carbons (Fsp3) is 0.368. The molecule has 0 aliphatic heterocycles. The summed E-state index contributed by atoms with van der Waals surface area (Å²) >= 11 is 0. The van der Waals surface area contributed by atoms with Gasteiger partial charge in [0.15, 0.2) is 0 Å². The van der Waals surface area contributed by atoms with Crippen molar-refractivity contribution in [2.75, 3.05) is 19.5 Å². The van der Waals surface area contributed by atoms with Crippen LogP contribution in [-0.4, -0.2) is 27.5 Å². The third kappa shape index (κ3) is 4.79. The maximum atomic E-state index is 12.0. The Morgan fingerprint density at radius 1 is 1.14 bits per heavy atom. The van der Waals surface area contributed by atoms with Crippen molar-refractivity contribution >= 4 is 21.4 Å². The molecule has 8 nitrogen and oxygen atoms in total. The van der Waals surface area contributed by atoms with Crippen molar-refractivity contribution in [2.24, 2.45) is 5.41 Å². The van der Waals surface area contributed by atoms with Gasteiger partial charge in [0.1, 0.15) is 11.4 Å². The van der Waals surface area contributed by atoms with Crippen LogP contribution < -0.4 is 14.8 Å². The van der Waals surface area contributed by atoms with E-state index in [1.54, 1.807) is 7.11 Å². The van der Waals surface area contributed by atoms with E-state index in [1.165, 1.54) is 19.2 Å². The van der Waals surface area contributed by atoms with Gasteiger partial charge in [-0.1, -0.05) is 32.9 Å². The fourth-order valence-electron chi connectivity index (χ4n) is 2.85. The molecule has 9 heteroatoms. The minimum absolute atomic E-state index is 0.166. The van der Waals surface area contributed by atoms with Gasteiger partial charge in [-0.15, -0.1) is 0 Å². The average molecular weight is 407 g/mol. The molecule has 2 N–H and O–H groups in total. The van der Waals surface area contributed by atoms with Crippen molar-refractivity contribution in [1.82, 2.24) is 4.72 Å². The Kier molecular flexibility index (Phi) is 6.30. The van der Waals surface area contributed by atoms with E-state index in [-0.39, 0.29) is 27.7 Å². The first kappa shape index (κ1) is 21.6. The lowest BCUT2D eigenvalue weighted by Crippen LogP contribution is -2.26. The Balaban J connectivity index is 2.54. The molecule has 0 saturated heterocycles. The number of benzene rings is 2. The maximum absolute atomic E-state index is 12.0. The molecule has 1 unspecified atom stereocenters. The van der Waals surface area contributed by atoms with E-state index < -0.39 is 14.9 Å². The number of anilines is 1. The van der Waals surface area contributed by atoms with Crippen LogP contribution in [0.25, 0.3) is 0 Å². The van der Waals surface area contributed by atoms with E-state index in [4.69, 9.17) is 4.74 Å². The number of ether oxygens (including phenoxy) is 1. The summed E-state index contributed by atoms with van der Waals surface area (Å²) in [5, 5.41) is 14.8. The van der Waals surface area contributed by atoms with E-state index in [9.17, 15) is 18.5 Å². The van der Waals surface area contributed by atoms with Crippen LogP contribution in [0.5, 0.6) is 5.75 Å². The molecule has 0 aromatic heterocycles. The molecule has 0 spiro atoms. The van der Waals surface area contributed by atoms with E-state index in [2.05, 4.69) is 10.0 Å². The Morgan fingerprint density at radius 3 is 2.36 bits per heavy atom. The van der Waals surface area contributed by atoms with Gasteiger partial charge in [-0.25, -0.2) is 13.1 Å². The predicted molar refractivity (Wildman–Crippen MR) is 108 cm³/mol. The number of hydrogen-bond donors (Lipinski definition) is 2. The first-order valence-corrected chi connectivity index (χ1v) is 10.1. The number of nitro groups is 1. The predicted octanol–water partition coefficient (Wildman–Crippen LogP) is 3.71. The number of nitrogens with one attached hydrogen (secondary N) is 2. The summed E-state index contributed by atoms with van der Waals surface area (Å²) in [5.74, 6) is 0.679. The largest absolute Gasteiger partial charge is 0.497 e. The smallest absolute Gasteiger partial charge is 0.293 e. The highest BCUT2D eigenvalue weighted by Crippen LogP contribution is 2.39. The van der Waals surface area contributed by atoms with Crippen molar-refractivity contribution < 1.29 is 18.1 Å². The van der Waals surface area contributed by atoms with Gasteiger partial charge in [-0.2, -0.15) is 0 Å². The van der Waals surface area contributed by atoms with E-state index in [1.807, 2.05) is 45.0 Å². The molecule has 0 heterocycles.